The molecule has 3 N–H and O–H groups in total. The number of para-hydroxylation sites is 1. The minimum atomic E-state index is -1.000. The van der Waals surface area contributed by atoms with Crippen molar-refractivity contribution >= 4 is 28.6 Å². The molecule has 0 fully saturated rings. The maximum absolute atomic E-state index is 12.8. The largest absolute Gasteiger partial charge is 0.480 e. The van der Waals surface area contributed by atoms with Crippen molar-refractivity contribution in [3.05, 3.63) is 65.4 Å². The summed E-state index contributed by atoms with van der Waals surface area (Å²) in [5.74, 6) is -1.000. The molecule has 0 bridgehead atoms. The van der Waals surface area contributed by atoms with Crippen molar-refractivity contribution < 1.29 is 14.7 Å². The van der Waals surface area contributed by atoms with Crippen LogP contribution in [0.2, 0.25) is 0 Å². The van der Waals surface area contributed by atoms with Gasteiger partial charge in [0.05, 0.1) is 6.54 Å². The molecule has 1 atom stereocenters. The minimum absolute atomic E-state index is 0.235. The van der Waals surface area contributed by atoms with Gasteiger partial charge in [-0.25, -0.2) is 9.59 Å². The first kappa shape index (κ1) is 16.2. The van der Waals surface area contributed by atoms with Crippen LogP contribution in [0.5, 0.6) is 0 Å². The van der Waals surface area contributed by atoms with Gasteiger partial charge in [0, 0.05) is 28.7 Å². The van der Waals surface area contributed by atoms with Gasteiger partial charge in [0.2, 0.25) is 0 Å². The first-order chi connectivity index (χ1) is 12.5. The zero-order valence-corrected chi connectivity index (χ0v) is 14.3. The lowest BCUT2D eigenvalue weighted by molar-refractivity contribution is -0.142. The van der Waals surface area contributed by atoms with Crippen molar-refractivity contribution in [2.75, 3.05) is 5.32 Å². The summed E-state index contributed by atoms with van der Waals surface area (Å²) < 4.78 is 0. The molecule has 26 heavy (non-hydrogen) atoms. The highest BCUT2D eigenvalue weighted by molar-refractivity contribution is 5.94. The number of H-pyrrole nitrogens is 1. The number of aromatic amines is 1. The molecule has 2 amide bonds. The van der Waals surface area contributed by atoms with Gasteiger partial charge in [0.1, 0.15) is 6.04 Å². The van der Waals surface area contributed by atoms with Crippen molar-refractivity contribution in [2.45, 2.75) is 25.9 Å². The third-order valence-corrected chi connectivity index (χ3v) is 4.82. The normalized spacial score (nSPS) is 16.3. The molecule has 132 valence electrons. The number of carboxylic acid groups (broad SMARTS) is 1. The molecule has 0 saturated carbocycles. The molecular formula is C20H19N3O3. The van der Waals surface area contributed by atoms with Crippen molar-refractivity contribution in [1.82, 2.24) is 9.88 Å². The van der Waals surface area contributed by atoms with E-state index in [1.165, 1.54) is 4.90 Å². The van der Waals surface area contributed by atoms with Crippen LogP contribution in [0.3, 0.4) is 0 Å². The topological polar surface area (TPSA) is 85.4 Å². The molecule has 0 radical (unpaired) electrons. The molecular weight excluding hydrogens is 330 g/mol. The number of urea groups is 1. The quantitative estimate of drug-likeness (QED) is 0.662. The van der Waals surface area contributed by atoms with E-state index in [-0.39, 0.29) is 13.0 Å². The second-order valence-electron chi connectivity index (χ2n) is 6.61. The highest BCUT2D eigenvalue weighted by Crippen LogP contribution is 2.30. The number of hydrogen-bond donors (Lipinski definition) is 3. The molecule has 2 heterocycles. The van der Waals surface area contributed by atoms with Crippen LogP contribution in [0.1, 0.15) is 16.8 Å². The van der Waals surface area contributed by atoms with Crippen LogP contribution in [0.15, 0.2) is 48.5 Å². The second kappa shape index (κ2) is 6.22. The smallest absolute Gasteiger partial charge is 0.326 e. The predicted molar refractivity (Wildman–Crippen MR) is 99.2 cm³/mol. The standard InChI is InChI=1S/C20H19N3O3/c1-12-5-4-6-13(9-12)21-20(26)23-11-17-15(10-18(23)19(24)25)14-7-2-3-8-16(14)22-17/h2-9,18,22H,10-11H2,1H3,(H,21,26)(H,24,25). The number of fused-ring (bicyclic) bond motifs is 3. The number of nitrogens with one attached hydrogen (secondary N) is 2. The van der Waals surface area contributed by atoms with E-state index in [2.05, 4.69) is 10.3 Å². The van der Waals surface area contributed by atoms with Crippen LogP contribution in [0.4, 0.5) is 10.5 Å². The third kappa shape index (κ3) is 2.79. The Balaban J connectivity index is 1.66. The Kier molecular flexibility index (Phi) is 3.88. The van der Waals surface area contributed by atoms with Crippen LogP contribution in [-0.4, -0.2) is 33.0 Å². The highest BCUT2D eigenvalue weighted by atomic mass is 16.4. The van der Waals surface area contributed by atoms with Gasteiger partial charge < -0.3 is 20.3 Å². The van der Waals surface area contributed by atoms with Crippen LogP contribution in [-0.2, 0) is 17.8 Å². The molecule has 1 aromatic heterocycles. The molecule has 0 aliphatic carbocycles. The van der Waals surface area contributed by atoms with Crippen molar-refractivity contribution in [3.8, 4) is 0 Å². The summed E-state index contributed by atoms with van der Waals surface area (Å²) >= 11 is 0. The number of carbonyl (C=O) groups is 2. The molecule has 4 rings (SSSR count). The summed E-state index contributed by atoms with van der Waals surface area (Å²) in [5, 5.41) is 13.5. The van der Waals surface area contributed by atoms with Gasteiger partial charge in [-0.3, -0.25) is 0 Å². The number of aromatic nitrogens is 1. The lowest BCUT2D eigenvalue weighted by atomic mass is 9.97. The van der Waals surface area contributed by atoms with E-state index in [1.807, 2.05) is 49.4 Å². The molecule has 3 aromatic rings. The lowest BCUT2D eigenvalue weighted by Crippen LogP contribution is -2.50. The zero-order valence-electron chi connectivity index (χ0n) is 14.3. The van der Waals surface area contributed by atoms with Crippen molar-refractivity contribution in [1.29, 1.82) is 0 Å². The molecule has 1 unspecified atom stereocenters. The summed E-state index contributed by atoms with van der Waals surface area (Å²) in [5.41, 5.74) is 4.51. The maximum Gasteiger partial charge on any atom is 0.326 e. The molecule has 2 aromatic carbocycles. The number of anilines is 1. The fourth-order valence-electron chi connectivity index (χ4n) is 3.56. The number of aryl methyl sites for hydroxylation is 1. The SMILES string of the molecule is Cc1cccc(NC(=O)N2Cc3[nH]c4ccccc4c3CC2C(=O)O)c1. The number of carbonyl (C=O) groups excluding carboxylic acids is 1. The van der Waals surface area contributed by atoms with Crippen molar-refractivity contribution in [3.63, 3.8) is 0 Å². The van der Waals surface area contributed by atoms with E-state index in [1.54, 1.807) is 6.07 Å². The number of nitrogens with zero attached hydrogens (tertiary/aromatic N) is 1. The maximum atomic E-state index is 12.8. The minimum Gasteiger partial charge on any atom is -0.480 e. The van der Waals surface area contributed by atoms with Crippen LogP contribution < -0.4 is 5.32 Å². The Bertz CT molecular complexity index is 1010. The molecule has 1 aliphatic heterocycles. The summed E-state index contributed by atoms with van der Waals surface area (Å²) in [6, 6.07) is 13.9. The average Bonchev–Trinajstić information content (AvgIpc) is 2.98. The van der Waals surface area contributed by atoms with Gasteiger partial charge >= 0.3 is 12.0 Å². The van der Waals surface area contributed by atoms with E-state index in [0.29, 0.717) is 5.69 Å². The van der Waals surface area contributed by atoms with E-state index >= 15 is 0 Å². The van der Waals surface area contributed by atoms with Gasteiger partial charge in [-0.2, -0.15) is 0 Å². The molecule has 6 heteroatoms. The number of benzene rings is 2. The van der Waals surface area contributed by atoms with E-state index < -0.39 is 18.0 Å². The van der Waals surface area contributed by atoms with Gasteiger partial charge in [0.15, 0.2) is 0 Å². The van der Waals surface area contributed by atoms with E-state index in [0.717, 1.165) is 27.7 Å². The summed E-state index contributed by atoms with van der Waals surface area (Å²) in [4.78, 5) is 29.3. The fraction of sp³-hybridized carbons (Fsp3) is 0.200. The lowest BCUT2D eigenvalue weighted by Gasteiger charge is -2.33. The Morgan fingerprint density at radius 2 is 2.00 bits per heavy atom. The highest BCUT2D eigenvalue weighted by Gasteiger charge is 2.36. The van der Waals surface area contributed by atoms with Gasteiger partial charge in [0.25, 0.3) is 0 Å². The fourth-order valence-corrected chi connectivity index (χ4v) is 3.56. The molecule has 0 saturated heterocycles. The van der Waals surface area contributed by atoms with E-state index in [9.17, 15) is 14.7 Å². The van der Waals surface area contributed by atoms with Crippen LogP contribution >= 0.6 is 0 Å². The van der Waals surface area contributed by atoms with E-state index in [4.69, 9.17) is 0 Å². The number of aliphatic carboxylic acids is 1. The van der Waals surface area contributed by atoms with Crippen LogP contribution in [0.25, 0.3) is 10.9 Å². The van der Waals surface area contributed by atoms with Gasteiger partial charge in [-0.1, -0.05) is 30.3 Å². The Labute approximate surface area is 150 Å². The molecule has 1 aliphatic rings. The average molecular weight is 349 g/mol. The molecule has 6 nitrogen and oxygen atoms in total. The summed E-state index contributed by atoms with van der Waals surface area (Å²) in [7, 11) is 0. The molecule has 0 spiro atoms. The second-order valence-corrected chi connectivity index (χ2v) is 6.61. The summed E-state index contributed by atoms with van der Waals surface area (Å²) in [6.07, 6.45) is 0.288. The number of hydrogen-bond acceptors (Lipinski definition) is 2. The van der Waals surface area contributed by atoms with Crippen LogP contribution in [0, 0.1) is 6.92 Å². The number of amides is 2. The first-order valence-corrected chi connectivity index (χ1v) is 8.48. The van der Waals surface area contributed by atoms with Crippen molar-refractivity contribution in [2.24, 2.45) is 0 Å². The number of rotatable bonds is 2. The Hall–Kier alpha value is -3.28. The third-order valence-electron chi connectivity index (χ3n) is 4.82. The first-order valence-electron chi connectivity index (χ1n) is 8.48. The monoisotopic (exact) mass is 349 g/mol. The van der Waals surface area contributed by atoms with Gasteiger partial charge in [-0.15, -0.1) is 0 Å². The van der Waals surface area contributed by atoms with Gasteiger partial charge in [-0.05, 0) is 36.2 Å². The Morgan fingerprint density at radius 3 is 2.77 bits per heavy atom. The number of carboxylic acids is 1. The Morgan fingerprint density at radius 1 is 1.19 bits per heavy atom. The zero-order chi connectivity index (χ0) is 18.3. The predicted octanol–water partition coefficient (Wildman–Crippen LogP) is 3.52. The summed E-state index contributed by atoms with van der Waals surface area (Å²) in [6.45, 7) is 2.17.